The summed E-state index contributed by atoms with van der Waals surface area (Å²) in [6.07, 6.45) is 3.57. The Balaban J connectivity index is 1.91. The van der Waals surface area contributed by atoms with Crippen molar-refractivity contribution < 1.29 is 0 Å². The summed E-state index contributed by atoms with van der Waals surface area (Å²) in [5.41, 5.74) is 2.89. The second kappa shape index (κ2) is 7.83. The van der Waals surface area contributed by atoms with Gasteiger partial charge in [0.15, 0.2) is 0 Å². The number of hydrogen-bond acceptors (Lipinski definition) is 2. The Labute approximate surface area is 128 Å². The molecule has 0 radical (unpaired) electrons. The third-order valence-corrected chi connectivity index (χ3v) is 4.55. The maximum absolute atomic E-state index is 3.55. The van der Waals surface area contributed by atoms with E-state index in [1.165, 1.54) is 28.4 Å². The molecule has 0 saturated carbocycles. The Morgan fingerprint density at radius 1 is 1.26 bits per heavy atom. The minimum absolute atomic E-state index is 0.694. The van der Waals surface area contributed by atoms with E-state index in [2.05, 4.69) is 62.3 Å². The maximum Gasteiger partial charge on any atom is 0.0177 e. The highest BCUT2D eigenvalue weighted by atomic mass is 79.9. The van der Waals surface area contributed by atoms with E-state index < -0.39 is 0 Å². The predicted octanol–water partition coefficient (Wildman–Crippen LogP) is 4.52. The van der Waals surface area contributed by atoms with E-state index in [1.807, 2.05) is 7.05 Å². The van der Waals surface area contributed by atoms with Gasteiger partial charge in [0.1, 0.15) is 0 Å². The highest BCUT2D eigenvalue weighted by Gasteiger charge is 2.10. The summed E-state index contributed by atoms with van der Waals surface area (Å²) in [5, 5.41) is 7.75. The maximum atomic E-state index is 3.55. The van der Waals surface area contributed by atoms with Gasteiger partial charge in [-0.2, -0.15) is 11.3 Å². The van der Waals surface area contributed by atoms with E-state index in [9.17, 15) is 0 Å². The van der Waals surface area contributed by atoms with E-state index in [1.54, 1.807) is 11.3 Å². The molecule has 2 rings (SSSR count). The van der Waals surface area contributed by atoms with Crippen LogP contribution in [-0.4, -0.2) is 13.6 Å². The standard InChI is InChI=1S/C16H20BrNS/c1-18-11-15(6-5-13-7-8-19-12-13)9-14-3-2-4-16(17)10-14/h2-4,7-8,10,12,15,18H,5-6,9,11H2,1H3. The van der Waals surface area contributed by atoms with Crippen LogP contribution in [0.1, 0.15) is 17.5 Å². The summed E-state index contributed by atoms with van der Waals surface area (Å²) < 4.78 is 1.17. The van der Waals surface area contributed by atoms with Gasteiger partial charge in [0.2, 0.25) is 0 Å². The number of thiophene rings is 1. The molecule has 1 N–H and O–H groups in total. The van der Waals surface area contributed by atoms with E-state index in [0.29, 0.717) is 5.92 Å². The second-order valence-electron chi connectivity index (χ2n) is 4.93. The fourth-order valence-electron chi connectivity index (χ4n) is 2.37. The summed E-state index contributed by atoms with van der Waals surface area (Å²) in [4.78, 5) is 0. The fourth-order valence-corrected chi connectivity index (χ4v) is 3.52. The molecule has 2 aromatic rings. The zero-order valence-electron chi connectivity index (χ0n) is 11.2. The number of benzene rings is 1. The molecule has 0 aliphatic carbocycles. The van der Waals surface area contributed by atoms with Crippen molar-refractivity contribution in [2.24, 2.45) is 5.92 Å². The van der Waals surface area contributed by atoms with Gasteiger partial charge in [-0.1, -0.05) is 28.1 Å². The summed E-state index contributed by atoms with van der Waals surface area (Å²) in [7, 11) is 2.04. The van der Waals surface area contributed by atoms with E-state index in [0.717, 1.165) is 13.0 Å². The molecular formula is C16H20BrNS. The molecular weight excluding hydrogens is 318 g/mol. The molecule has 1 aromatic carbocycles. The molecule has 1 heterocycles. The molecule has 0 fully saturated rings. The van der Waals surface area contributed by atoms with Gasteiger partial charge >= 0.3 is 0 Å². The molecule has 1 atom stereocenters. The normalized spacial score (nSPS) is 12.5. The van der Waals surface area contributed by atoms with Crippen LogP contribution < -0.4 is 5.32 Å². The van der Waals surface area contributed by atoms with Crippen molar-refractivity contribution in [2.75, 3.05) is 13.6 Å². The first kappa shape index (κ1) is 14.8. The molecule has 19 heavy (non-hydrogen) atoms. The highest BCUT2D eigenvalue weighted by molar-refractivity contribution is 9.10. The lowest BCUT2D eigenvalue weighted by Crippen LogP contribution is -2.21. The minimum Gasteiger partial charge on any atom is -0.319 e. The molecule has 0 spiro atoms. The van der Waals surface area contributed by atoms with Gasteiger partial charge in [0.25, 0.3) is 0 Å². The van der Waals surface area contributed by atoms with Crippen LogP contribution in [0.4, 0.5) is 0 Å². The first-order valence-corrected chi connectivity index (χ1v) is 8.41. The van der Waals surface area contributed by atoms with Gasteiger partial charge in [-0.25, -0.2) is 0 Å². The van der Waals surface area contributed by atoms with Gasteiger partial charge in [0.05, 0.1) is 0 Å². The van der Waals surface area contributed by atoms with Crippen LogP contribution >= 0.6 is 27.3 Å². The minimum atomic E-state index is 0.694. The van der Waals surface area contributed by atoms with Gasteiger partial charge in [0, 0.05) is 4.47 Å². The van der Waals surface area contributed by atoms with Gasteiger partial charge in [-0.05, 0) is 78.9 Å². The molecule has 0 saturated heterocycles. The van der Waals surface area contributed by atoms with Crippen molar-refractivity contribution in [3.63, 3.8) is 0 Å². The van der Waals surface area contributed by atoms with Crippen LogP contribution in [0, 0.1) is 5.92 Å². The lowest BCUT2D eigenvalue weighted by atomic mass is 9.93. The second-order valence-corrected chi connectivity index (χ2v) is 6.62. The number of hydrogen-bond donors (Lipinski definition) is 1. The van der Waals surface area contributed by atoms with Crippen LogP contribution in [0.25, 0.3) is 0 Å². The molecule has 102 valence electrons. The Bertz CT molecular complexity index is 481. The van der Waals surface area contributed by atoms with Crippen LogP contribution in [0.5, 0.6) is 0 Å². The Kier molecular flexibility index (Phi) is 6.08. The Morgan fingerprint density at radius 2 is 2.16 bits per heavy atom. The third-order valence-electron chi connectivity index (χ3n) is 3.33. The smallest absolute Gasteiger partial charge is 0.0177 e. The van der Waals surface area contributed by atoms with Gasteiger partial charge in [-0.15, -0.1) is 0 Å². The van der Waals surface area contributed by atoms with Crippen LogP contribution in [0.3, 0.4) is 0 Å². The van der Waals surface area contributed by atoms with Crippen molar-refractivity contribution in [3.05, 3.63) is 56.7 Å². The van der Waals surface area contributed by atoms with Crippen molar-refractivity contribution in [2.45, 2.75) is 19.3 Å². The Morgan fingerprint density at radius 3 is 2.84 bits per heavy atom. The monoisotopic (exact) mass is 337 g/mol. The molecule has 0 amide bonds. The van der Waals surface area contributed by atoms with Gasteiger partial charge < -0.3 is 5.32 Å². The van der Waals surface area contributed by atoms with Crippen molar-refractivity contribution in [1.29, 1.82) is 0 Å². The zero-order valence-corrected chi connectivity index (χ0v) is 13.6. The Hall–Kier alpha value is -0.640. The van der Waals surface area contributed by atoms with Crippen molar-refractivity contribution >= 4 is 27.3 Å². The topological polar surface area (TPSA) is 12.0 Å². The summed E-state index contributed by atoms with van der Waals surface area (Å²) >= 11 is 5.34. The lowest BCUT2D eigenvalue weighted by Gasteiger charge is -2.16. The van der Waals surface area contributed by atoms with Crippen LogP contribution in [-0.2, 0) is 12.8 Å². The number of aryl methyl sites for hydroxylation is 1. The molecule has 0 aliphatic rings. The fraction of sp³-hybridized carbons (Fsp3) is 0.375. The highest BCUT2D eigenvalue weighted by Crippen LogP contribution is 2.19. The summed E-state index contributed by atoms with van der Waals surface area (Å²) in [6, 6.07) is 10.9. The SMILES string of the molecule is CNCC(CCc1ccsc1)Cc1cccc(Br)c1. The number of halogens is 1. The third kappa shape index (κ3) is 5.09. The lowest BCUT2D eigenvalue weighted by molar-refractivity contribution is 0.461. The van der Waals surface area contributed by atoms with E-state index in [4.69, 9.17) is 0 Å². The van der Waals surface area contributed by atoms with E-state index in [-0.39, 0.29) is 0 Å². The number of rotatable bonds is 7. The van der Waals surface area contributed by atoms with Crippen LogP contribution in [0.2, 0.25) is 0 Å². The van der Waals surface area contributed by atoms with Crippen molar-refractivity contribution in [3.8, 4) is 0 Å². The summed E-state index contributed by atoms with van der Waals surface area (Å²) in [5.74, 6) is 0.694. The molecule has 3 heteroatoms. The molecule has 1 unspecified atom stereocenters. The average molecular weight is 338 g/mol. The molecule has 0 aliphatic heterocycles. The predicted molar refractivity (Wildman–Crippen MR) is 87.9 cm³/mol. The van der Waals surface area contributed by atoms with E-state index >= 15 is 0 Å². The van der Waals surface area contributed by atoms with Crippen molar-refractivity contribution in [1.82, 2.24) is 5.32 Å². The zero-order chi connectivity index (χ0) is 13.5. The average Bonchev–Trinajstić information content (AvgIpc) is 2.89. The number of nitrogens with one attached hydrogen (secondary N) is 1. The quantitative estimate of drug-likeness (QED) is 0.783. The van der Waals surface area contributed by atoms with Gasteiger partial charge in [-0.3, -0.25) is 0 Å². The first-order chi connectivity index (χ1) is 9.28. The molecule has 1 nitrogen and oxygen atoms in total. The largest absolute Gasteiger partial charge is 0.319 e. The first-order valence-electron chi connectivity index (χ1n) is 6.68. The summed E-state index contributed by atoms with van der Waals surface area (Å²) in [6.45, 7) is 1.08. The molecule has 1 aromatic heterocycles. The molecule has 0 bridgehead atoms. The van der Waals surface area contributed by atoms with Crippen LogP contribution in [0.15, 0.2) is 45.6 Å².